The fourth-order valence-corrected chi connectivity index (χ4v) is 0.666. The Morgan fingerprint density at radius 1 is 1.62 bits per heavy atom. The van der Waals surface area contributed by atoms with E-state index in [-0.39, 0.29) is 12.1 Å². The van der Waals surface area contributed by atoms with E-state index in [4.69, 9.17) is 10.6 Å². The summed E-state index contributed by atoms with van der Waals surface area (Å²) in [4.78, 5) is 2.57. The summed E-state index contributed by atoms with van der Waals surface area (Å²) in [6, 6.07) is -0.139. The zero-order chi connectivity index (χ0) is 5.98. The fourth-order valence-electron chi connectivity index (χ4n) is 0.666. The molecule has 0 amide bonds. The van der Waals surface area contributed by atoms with E-state index in [1.54, 1.807) is 0 Å². The van der Waals surface area contributed by atoms with Crippen LogP contribution in [0.25, 0.3) is 10.4 Å². The monoisotopic (exact) mass is 113 g/mol. The first kappa shape index (κ1) is 5.41. The third-order valence-corrected chi connectivity index (χ3v) is 1.40. The van der Waals surface area contributed by atoms with E-state index in [2.05, 4.69) is 10.0 Å². The zero-order valence-electron chi connectivity index (χ0n) is 4.36. The Kier molecular flexibility index (Phi) is 1.37. The topological polar surface area (TPSA) is 69.0 Å². The highest BCUT2D eigenvalue weighted by Crippen LogP contribution is 2.22. The van der Waals surface area contributed by atoms with Crippen molar-refractivity contribution in [2.75, 3.05) is 0 Å². The average molecular weight is 113 g/mol. The lowest BCUT2D eigenvalue weighted by molar-refractivity contribution is 0.0695. The molecule has 4 heteroatoms. The second-order valence-electron chi connectivity index (χ2n) is 1.92. The molecule has 0 radical (unpaired) electrons. The summed E-state index contributed by atoms with van der Waals surface area (Å²) < 4.78 is 0. The van der Waals surface area contributed by atoms with Crippen molar-refractivity contribution < 1.29 is 5.11 Å². The second-order valence-corrected chi connectivity index (χ2v) is 1.92. The van der Waals surface area contributed by atoms with E-state index in [0.29, 0.717) is 0 Å². The lowest BCUT2D eigenvalue weighted by atomic mass is 9.90. The van der Waals surface area contributed by atoms with E-state index in [9.17, 15) is 0 Å². The summed E-state index contributed by atoms with van der Waals surface area (Å²) in [5.41, 5.74) is 7.87. The molecule has 0 saturated heterocycles. The van der Waals surface area contributed by atoms with Gasteiger partial charge in [-0.25, -0.2) is 0 Å². The van der Waals surface area contributed by atoms with Crippen LogP contribution >= 0.6 is 0 Å². The highest BCUT2D eigenvalue weighted by molar-refractivity contribution is 4.86. The number of nitrogens with zero attached hydrogens (tertiary/aromatic N) is 3. The Labute approximate surface area is 46.8 Å². The van der Waals surface area contributed by atoms with E-state index >= 15 is 0 Å². The Morgan fingerprint density at radius 2 is 2.38 bits per heavy atom. The summed E-state index contributed by atoms with van der Waals surface area (Å²) >= 11 is 0. The first-order valence-electron chi connectivity index (χ1n) is 2.57. The summed E-state index contributed by atoms with van der Waals surface area (Å²) in [6.07, 6.45) is 1.25. The van der Waals surface area contributed by atoms with Crippen LogP contribution in [-0.4, -0.2) is 17.3 Å². The average Bonchev–Trinajstić information content (AvgIpc) is 1.79. The van der Waals surface area contributed by atoms with Crippen molar-refractivity contribution in [1.82, 2.24) is 0 Å². The summed E-state index contributed by atoms with van der Waals surface area (Å²) in [5.74, 6) is 0. The smallest absolute Gasteiger partial charge is 0.0634 e. The van der Waals surface area contributed by atoms with Gasteiger partial charge in [-0.15, -0.1) is 0 Å². The van der Waals surface area contributed by atoms with Gasteiger partial charge in [0.15, 0.2) is 0 Å². The SMILES string of the molecule is [N-]=[N+]=N[C@@H]1CC[C@H]1O. The number of aliphatic hydroxyl groups is 1. The zero-order valence-corrected chi connectivity index (χ0v) is 4.36. The van der Waals surface area contributed by atoms with Crippen LogP contribution in [0.3, 0.4) is 0 Å². The van der Waals surface area contributed by atoms with E-state index in [1.165, 1.54) is 0 Å². The van der Waals surface area contributed by atoms with E-state index in [0.717, 1.165) is 12.8 Å². The largest absolute Gasteiger partial charge is 0.393 e. The minimum Gasteiger partial charge on any atom is -0.393 e. The third kappa shape index (κ3) is 0.757. The van der Waals surface area contributed by atoms with Crippen molar-refractivity contribution in [3.8, 4) is 0 Å². The number of rotatable bonds is 1. The standard InChI is InChI=1S/C4H7N3O/c5-7-6-3-1-2-4(3)8/h3-4,8H,1-2H2/t3-,4-/m1/s1. The van der Waals surface area contributed by atoms with Crippen LogP contribution in [0, 0.1) is 0 Å². The molecule has 1 rings (SSSR count). The maximum absolute atomic E-state index is 8.77. The van der Waals surface area contributed by atoms with Crippen LogP contribution in [0.4, 0.5) is 0 Å². The van der Waals surface area contributed by atoms with Crippen LogP contribution in [0.1, 0.15) is 12.8 Å². The predicted molar refractivity (Wildman–Crippen MR) is 28.2 cm³/mol. The molecule has 4 nitrogen and oxygen atoms in total. The quantitative estimate of drug-likeness (QED) is 0.305. The molecule has 0 bridgehead atoms. The first-order valence-corrected chi connectivity index (χ1v) is 2.57. The molecule has 1 aliphatic rings. The lowest BCUT2D eigenvalue weighted by Crippen LogP contribution is -2.34. The van der Waals surface area contributed by atoms with Gasteiger partial charge in [0.1, 0.15) is 0 Å². The number of aliphatic hydroxyl groups excluding tert-OH is 1. The van der Waals surface area contributed by atoms with Gasteiger partial charge in [-0.1, -0.05) is 5.11 Å². The molecule has 2 atom stereocenters. The molecule has 1 aliphatic carbocycles. The highest BCUT2D eigenvalue weighted by Gasteiger charge is 2.26. The molecule has 1 saturated carbocycles. The first-order chi connectivity index (χ1) is 3.84. The Morgan fingerprint density at radius 3 is 2.50 bits per heavy atom. The Balaban J connectivity index is 2.37. The minimum absolute atomic E-state index is 0.139. The normalized spacial score (nSPS) is 35.1. The summed E-state index contributed by atoms with van der Waals surface area (Å²) in [5, 5.41) is 12.1. The molecular formula is C4H7N3O. The number of hydrogen-bond donors (Lipinski definition) is 1. The van der Waals surface area contributed by atoms with Crippen molar-refractivity contribution in [1.29, 1.82) is 0 Å². The second kappa shape index (κ2) is 2.03. The van der Waals surface area contributed by atoms with E-state index < -0.39 is 0 Å². The molecule has 8 heavy (non-hydrogen) atoms. The molecule has 1 fully saturated rings. The molecule has 0 aromatic heterocycles. The van der Waals surface area contributed by atoms with Crippen molar-refractivity contribution in [2.24, 2.45) is 5.11 Å². The summed E-state index contributed by atoms with van der Waals surface area (Å²) in [7, 11) is 0. The van der Waals surface area contributed by atoms with Gasteiger partial charge >= 0.3 is 0 Å². The van der Waals surface area contributed by atoms with Crippen LogP contribution in [0.5, 0.6) is 0 Å². The summed E-state index contributed by atoms with van der Waals surface area (Å²) in [6.45, 7) is 0. The molecule has 0 heterocycles. The Bertz CT molecular complexity index is 129. The molecule has 0 spiro atoms. The van der Waals surface area contributed by atoms with Crippen LogP contribution in [0.15, 0.2) is 5.11 Å². The molecule has 0 aromatic rings. The van der Waals surface area contributed by atoms with E-state index in [1.807, 2.05) is 0 Å². The van der Waals surface area contributed by atoms with Gasteiger partial charge in [-0.05, 0) is 18.4 Å². The van der Waals surface area contributed by atoms with Crippen molar-refractivity contribution >= 4 is 0 Å². The van der Waals surface area contributed by atoms with Gasteiger partial charge < -0.3 is 5.11 Å². The lowest BCUT2D eigenvalue weighted by Gasteiger charge is -2.27. The molecule has 1 N–H and O–H groups in total. The van der Waals surface area contributed by atoms with Gasteiger partial charge in [0, 0.05) is 4.91 Å². The molecular weight excluding hydrogens is 106 g/mol. The van der Waals surface area contributed by atoms with Gasteiger partial charge in [0.25, 0.3) is 0 Å². The maximum Gasteiger partial charge on any atom is 0.0634 e. The predicted octanol–water partition coefficient (Wildman–Crippen LogP) is 0.820. The van der Waals surface area contributed by atoms with Crippen LogP contribution in [0.2, 0.25) is 0 Å². The fraction of sp³-hybridized carbons (Fsp3) is 1.00. The van der Waals surface area contributed by atoms with Crippen LogP contribution < -0.4 is 0 Å². The molecule has 0 unspecified atom stereocenters. The van der Waals surface area contributed by atoms with Crippen molar-refractivity contribution in [3.63, 3.8) is 0 Å². The highest BCUT2D eigenvalue weighted by atomic mass is 16.3. The van der Waals surface area contributed by atoms with Gasteiger partial charge in [0.2, 0.25) is 0 Å². The number of azide groups is 1. The Hall–Kier alpha value is -0.730. The third-order valence-electron chi connectivity index (χ3n) is 1.40. The van der Waals surface area contributed by atoms with Crippen molar-refractivity contribution in [3.05, 3.63) is 10.4 Å². The molecule has 0 aromatic carbocycles. The van der Waals surface area contributed by atoms with Crippen LogP contribution in [-0.2, 0) is 0 Å². The minimum atomic E-state index is -0.370. The molecule has 44 valence electrons. The van der Waals surface area contributed by atoms with Crippen molar-refractivity contribution in [2.45, 2.75) is 25.0 Å². The van der Waals surface area contributed by atoms with Gasteiger partial charge in [-0.3, -0.25) is 0 Å². The van der Waals surface area contributed by atoms with Gasteiger partial charge in [0.05, 0.1) is 12.1 Å². The van der Waals surface area contributed by atoms with Gasteiger partial charge in [-0.2, -0.15) is 0 Å². The number of hydrogen-bond acceptors (Lipinski definition) is 2. The maximum atomic E-state index is 8.77. The molecule has 0 aliphatic heterocycles.